The second-order valence-electron chi connectivity index (χ2n) is 1.14. The van der Waals surface area contributed by atoms with E-state index in [0.29, 0.717) is 15.3 Å². The molecule has 1 aliphatic rings. The molecule has 34 valence electrons. The van der Waals surface area contributed by atoms with Gasteiger partial charge in [0, 0.05) is 8.73 Å². The minimum Gasteiger partial charge on any atom is -0.138 e. The van der Waals surface area contributed by atoms with Gasteiger partial charge in [-0.1, -0.05) is 0 Å². The molecule has 0 amide bonds. The fraction of sp³-hybridized carbons (Fsp3) is 1.00. The van der Waals surface area contributed by atoms with Crippen LogP contribution in [0.2, 0.25) is 0 Å². The van der Waals surface area contributed by atoms with Crippen molar-refractivity contribution in [1.82, 2.24) is 5.20 Å². The highest BCUT2D eigenvalue weighted by Gasteiger charge is 2.13. The van der Waals surface area contributed by atoms with Gasteiger partial charge >= 0.3 is 0 Å². The highest BCUT2D eigenvalue weighted by molar-refractivity contribution is 7.35. The molecule has 0 aromatic heterocycles. The Balaban J connectivity index is 2.37. The Morgan fingerprint density at radius 2 is 2.67 bits per heavy atom. The molecule has 0 aliphatic carbocycles. The number of hydrogen-bond donors (Lipinski definition) is 1. The smallest absolute Gasteiger partial charge is 0.138 e. The molecule has 0 bridgehead atoms. The summed E-state index contributed by atoms with van der Waals surface area (Å²) in [6.45, 7) is 0.665. The van der Waals surface area contributed by atoms with Gasteiger partial charge < -0.3 is 0 Å². The van der Waals surface area contributed by atoms with Crippen molar-refractivity contribution in [3.8, 4) is 0 Å². The number of nitrogens with one attached hydrogen (secondary N) is 1. The molecule has 1 saturated heterocycles. The predicted molar refractivity (Wildman–Crippen MR) is 24.8 cm³/mol. The Kier molecular flexibility index (Phi) is 1.01. The van der Waals surface area contributed by atoms with Crippen LogP contribution in [0.15, 0.2) is 0 Å². The Labute approximate surface area is 37.5 Å². The van der Waals surface area contributed by atoms with Gasteiger partial charge in [-0.15, -0.1) is 5.20 Å². The standard InChI is InChI=1S/C2H6N2OP/c5-4-1-2-6-3-4/h6H,1-2H2,(H,3,5)/q+1. The maximum Gasteiger partial charge on any atom is 0.231 e. The first-order chi connectivity index (χ1) is 2.89. The molecule has 0 aromatic carbocycles. The van der Waals surface area contributed by atoms with Crippen molar-refractivity contribution in [2.24, 2.45) is 0 Å². The first-order valence-electron chi connectivity index (χ1n) is 1.83. The molecule has 6 heavy (non-hydrogen) atoms. The number of hydrazine groups is 1. The lowest BCUT2D eigenvalue weighted by molar-refractivity contribution is -0.571. The second-order valence-corrected chi connectivity index (χ2v) is 2.22. The largest absolute Gasteiger partial charge is 0.231 e. The van der Waals surface area contributed by atoms with E-state index in [1.165, 1.54) is 0 Å². The Hall–Kier alpha value is -0.170. The van der Waals surface area contributed by atoms with Crippen LogP contribution in [0.25, 0.3) is 0 Å². The fourth-order valence-electron chi connectivity index (χ4n) is 0.357. The van der Waals surface area contributed by atoms with Crippen LogP contribution in [0.3, 0.4) is 0 Å². The van der Waals surface area contributed by atoms with Crippen LogP contribution in [-0.4, -0.2) is 17.6 Å². The third-order valence-corrected chi connectivity index (χ3v) is 1.52. The average Bonchev–Trinajstić information content (AvgIpc) is 1.86. The van der Waals surface area contributed by atoms with E-state index >= 15 is 0 Å². The van der Waals surface area contributed by atoms with Gasteiger partial charge in [0.1, 0.15) is 4.87 Å². The van der Waals surface area contributed by atoms with E-state index < -0.39 is 0 Å². The molecule has 0 saturated carbocycles. The summed E-state index contributed by atoms with van der Waals surface area (Å²) in [6.07, 6.45) is 1.02. The third-order valence-electron chi connectivity index (χ3n) is 0.644. The van der Waals surface area contributed by atoms with Crippen molar-refractivity contribution in [3.05, 3.63) is 4.91 Å². The molecule has 4 heteroatoms. The molecule has 0 spiro atoms. The zero-order valence-corrected chi connectivity index (χ0v) is 4.27. The molecule has 1 unspecified atom stereocenters. The molecular formula is C2H6N2OP+. The van der Waals surface area contributed by atoms with Gasteiger partial charge in [0.25, 0.3) is 0 Å². The summed E-state index contributed by atoms with van der Waals surface area (Å²) < 4.78 is 0. The summed E-state index contributed by atoms with van der Waals surface area (Å²) in [5.41, 5.74) is 0. The zero-order chi connectivity index (χ0) is 4.41. The van der Waals surface area contributed by atoms with Crippen molar-refractivity contribution in [2.45, 2.75) is 0 Å². The molecule has 1 fully saturated rings. The van der Waals surface area contributed by atoms with E-state index in [-0.39, 0.29) is 0 Å². The summed E-state index contributed by atoms with van der Waals surface area (Å²) in [7, 11) is 0.652. The summed E-state index contributed by atoms with van der Waals surface area (Å²) >= 11 is 0. The summed E-state index contributed by atoms with van der Waals surface area (Å²) in [6, 6.07) is 0. The second kappa shape index (κ2) is 1.52. The normalized spacial score (nSPS) is 25.0. The third kappa shape index (κ3) is 0.658. The van der Waals surface area contributed by atoms with Crippen molar-refractivity contribution in [2.75, 3.05) is 12.7 Å². The molecule has 0 aromatic rings. The molecule has 1 heterocycles. The number of hydrogen-bond acceptors (Lipinski definition) is 1. The van der Waals surface area contributed by atoms with Crippen LogP contribution in [0.5, 0.6) is 0 Å². The Morgan fingerprint density at radius 1 is 1.83 bits per heavy atom. The summed E-state index contributed by atoms with van der Waals surface area (Å²) in [4.78, 5) is 10.9. The molecule has 1 rings (SSSR count). The van der Waals surface area contributed by atoms with E-state index in [0.717, 1.165) is 11.0 Å². The number of rotatable bonds is 0. The minimum atomic E-state index is 0.652. The van der Waals surface area contributed by atoms with Crippen molar-refractivity contribution in [3.63, 3.8) is 0 Å². The summed E-state index contributed by atoms with van der Waals surface area (Å²) in [5.74, 6) is 0. The van der Waals surface area contributed by atoms with Gasteiger partial charge in [-0.25, -0.2) is 0 Å². The zero-order valence-electron chi connectivity index (χ0n) is 3.27. The van der Waals surface area contributed by atoms with Gasteiger partial charge in [-0.2, -0.15) is 0 Å². The van der Waals surface area contributed by atoms with Crippen LogP contribution < -0.4 is 5.20 Å². The average molecular weight is 105 g/mol. The van der Waals surface area contributed by atoms with Crippen molar-refractivity contribution in [1.29, 1.82) is 0 Å². The van der Waals surface area contributed by atoms with Crippen molar-refractivity contribution < 1.29 is 4.87 Å². The van der Waals surface area contributed by atoms with E-state index in [4.69, 9.17) is 0 Å². The number of nitroso groups, excluding NO2 is 1. The Morgan fingerprint density at radius 3 is 2.83 bits per heavy atom. The molecular weight excluding hydrogens is 99.0 g/mol. The first-order valence-corrected chi connectivity index (χ1v) is 3.03. The molecule has 1 N–H and O–H groups in total. The topological polar surface area (TPSA) is 32.1 Å². The highest BCUT2D eigenvalue weighted by atomic mass is 31.1. The van der Waals surface area contributed by atoms with E-state index in [1.54, 1.807) is 0 Å². The van der Waals surface area contributed by atoms with Crippen LogP contribution in [-0.2, 0) is 0 Å². The van der Waals surface area contributed by atoms with Crippen LogP contribution in [0.4, 0.5) is 0 Å². The molecule has 1 aliphatic heterocycles. The van der Waals surface area contributed by atoms with E-state index in [1.807, 2.05) is 0 Å². The van der Waals surface area contributed by atoms with Crippen LogP contribution in [0, 0.1) is 4.91 Å². The van der Waals surface area contributed by atoms with Crippen LogP contribution in [0.1, 0.15) is 0 Å². The van der Waals surface area contributed by atoms with Crippen molar-refractivity contribution >= 4 is 8.73 Å². The maximum atomic E-state index is 10.1. The van der Waals surface area contributed by atoms with E-state index in [9.17, 15) is 4.91 Å². The van der Waals surface area contributed by atoms with Crippen LogP contribution >= 0.6 is 8.73 Å². The molecule has 0 radical (unpaired) electrons. The number of nitrogens with zero attached hydrogens (tertiary/aromatic N) is 1. The molecule has 3 nitrogen and oxygen atoms in total. The first kappa shape index (κ1) is 4.00. The van der Waals surface area contributed by atoms with Gasteiger partial charge in [-0.3, -0.25) is 0 Å². The lowest BCUT2D eigenvalue weighted by Crippen LogP contribution is -2.10. The lowest BCUT2D eigenvalue weighted by Gasteiger charge is -1.70. The summed E-state index contributed by atoms with van der Waals surface area (Å²) in [5, 5.41) is 2.62. The predicted octanol–water partition coefficient (Wildman–Crippen LogP) is -0.123. The van der Waals surface area contributed by atoms with Gasteiger partial charge in [0.2, 0.25) is 6.54 Å². The lowest BCUT2D eigenvalue weighted by atomic mass is 10.8. The van der Waals surface area contributed by atoms with Gasteiger partial charge in [0.05, 0.1) is 11.1 Å². The minimum absolute atomic E-state index is 0.652. The Bertz CT molecular complexity index is 65.9. The van der Waals surface area contributed by atoms with Gasteiger partial charge in [-0.05, 0) is 0 Å². The SMILES string of the molecule is O=[N+]1CCPN1. The van der Waals surface area contributed by atoms with Gasteiger partial charge in [0.15, 0.2) is 0 Å². The monoisotopic (exact) mass is 105 g/mol. The quantitative estimate of drug-likeness (QED) is 0.344. The van der Waals surface area contributed by atoms with E-state index in [2.05, 4.69) is 5.20 Å². The maximum absolute atomic E-state index is 10.1. The molecule has 1 atom stereocenters. The fourth-order valence-corrected chi connectivity index (χ4v) is 1.07. The highest BCUT2D eigenvalue weighted by Crippen LogP contribution is 2.06.